The Morgan fingerprint density at radius 3 is 2.79 bits per heavy atom. The zero-order chi connectivity index (χ0) is 13.2. The molecule has 3 rings (SSSR count). The van der Waals surface area contributed by atoms with Crippen LogP contribution in [0.15, 0.2) is 30.9 Å². The van der Waals surface area contributed by atoms with Gasteiger partial charge in [-0.05, 0) is 17.7 Å². The van der Waals surface area contributed by atoms with Crippen LogP contribution in [0.5, 0.6) is 0 Å². The molecule has 0 aliphatic carbocycles. The van der Waals surface area contributed by atoms with Crippen molar-refractivity contribution in [3.05, 3.63) is 36.1 Å². The molecule has 0 atom stereocenters. The Hall–Kier alpha value is -2.48. The molecule has 0 saturated carbocycles. The molecule has 0 radical (unpaired) electrons. The van der Waals surface area contributed by atoms with Gasteiger partial charge in [0, 0.05) is 25.6 Å². The molecule has 0 spiro atoms. The predicted octanol–water partition coefficient (Wildman–Crippen LogP) is 1.19. The van der Waals surface area contributed by atoms with Gasteiger partial charge in [0.25, 0.3) is 5.95 Å². The molecule has 0 saturated heterocycles. The van der Waals surface area contributed by atoms with Gasteiger partial charge in [-0.2, -0.15) is 25.1 Å². The van der Waals surface area contributed by atoms with Crippen LogP contribution in [0.25, 0.3) is 5.95 Å². The van der Waals surface area contributed by atoms with Crippen LogP contribution in [0, 0.1) is 0 Å². The number of aryl methyl sites for hydroxylation is 1. The number of nitrogens with one attached hydrogen (secondary N) is 1. The van der Waals surface area contributed by atoms with E-state index in [0.29, 0.717) is 11.9 Å². The van der Waals surface area contributed by atoms with Gasteiger partial charge in [-0.1, -0.05) is 0 Å². The summed E-state index contributed by atoms with van der Waals surface area (Å²) in [5.74, 6) is 0.676. The summed E-state index contributed by atoms with van der Waals surface area (Å²) in [6.07, 6.45) is 6.81. The van der Waals surface area contributed by atoms with Crippen LogP contribution in [0.3, 0.4) is 0 Å². The molecule has 0 bridgehead atoms. The lowest BCUT2D eigenvalue weighted by Gasteiger charge is -2.04. The van der Waals surface area contributed by atoms with Crippen molar-refractivity contribution in [2.75, 3.05) is 5.32 Å². The second-order valence-electron chi connectivity index (χ2n) is 3.71. The molecule has 96 valence electrons. The summed E-state index contributed by atoms with van der Waals surface area (Å²) in [6, 6.07) is 1.77. The molecule has 1 N–H and O–H groups in total. The van der Waals surface area contributed by atoms with Crippen LogP contribution in [0.4, 0.5) is 11.6 Å². The van der Waals surface area contributed by atoms with Gasteiger partial charge >= 0.3 is 0 Å². The van der Waals surface area contributed by atoms with Crippen molar-refractivity contribution >= 4 is 23.2 Å². The van der Waals surface area contributed by atoms with E-state index in [4.69, 9.17) is 11.6 Å². The minimum absolute atomic E-state index is 0.0897. The topological polar surface area (TPSA) is 86.3 Å². The molecular weight excluding hydrogens is 268 g/mol. The van der Waals surface area contributed by atoms with Gasteiger partial charge in [-0.25, -0.2) is 4.68 Å². The minimum Gasteiger partial charge on any atom is -0.321 e. The van der Waals surface area contributed by atoms with Gasteiger partial charge in [0.15, 0.2) is 0 Å². The second-order valence-corrected chi connectivity index (χ2v) is 4.04. The maximum atomic E-state index is 5.87. The fourth-order valence-corrected chi connectivity index (χ4v) is 1.66. The first-order chi connectivity index (χ1) is 9.20. The number of aromatic nitrogens is 7. The lowest BCUT2D eigenvalue weighted by molar-refractivity contribution is 0.768. The average molecular weight is 277 g/mol. The Morgan fingerprint density at radius 1 is 1.21 bits per heavy atom. The second kappa shape index (κ2) is 4.65. The molecule has 9 heteroatoms. The maximum absolute atomic E-state index is 5.87. The highest BCUT2D eigenvalue weighted by atomic mass is 35.5. The molecule has 8 nitrogen and oxygen atoms in total. The Bertz CT molecular complexity index is 689. The van der Waals surface area contributed by atoms with Gasteiger partial charge in [0.1, 0.15) is 0 Å². The minimum atomic E-state index is 0.0897. The fourth-order valence-electron chi connectivity index (χ4n) is 1.50. The summed E-state index contributed by atoms with van der Waals surface area (Å²) in [5.41, 5.74) is 0.760. The molecule has 19 heavy (non-hydrogen) atoms. The van der Waals surface area contributed by atoms with E-state index in [0.717, 1.165) is 5.69 Å². The zero-order valence-electron chi connectivity index (χ0n) is 9.90. The van der Waals surface area contributed by atoms with Crippen molar-refractivity contribution in [3.8, 4) is 5.95 Å². The van der Waals surface area contributed by atoms with E-state index in [9.17, 15) is 0 Å². The summed E-state index contributed by atoms with van der Waals surface area (Å²) in [6.45, 7) is 0. The van der Waals surface area contributed by atoms with Crippen molar-refractivity contribution in [2.45, 2.75) is 0 Å². The van der Waals surface area contributed by atoms with Crippen molar-refractivity contribution < 1.29 is 0 Å². The van der Waals surface area contributed by atoms with E-state index in [2.05, 4.69) is 30.5 Å². The number of anilines is 2. The zero-order valence-corrected chi connectivity index (χ0v) is 10.7. The summed E-state index contributed by atoms with van der Waals surface area (Å²) in [5, 5.41) is 11.2. The van der Waals surface area contributed by atoms with E-state index in [1.165, 1.54) is 4.68 Å². The van der Waals surface area contributed by atoms with E-state index < -0.39 is 0 Å². The standard InChI is InChI=1S/C10H9ClN8/c1-18-6-7(5-13-18)14-9-15-8(11)16-10(17-9)19-4-2-3-12-19/h2-6H,1H3,(H,14,15,16,17). The van der Waals surface area contributed by atoms with Crippen molar-refractivity contribution in [3.63, 3.8) is 0 Å². The number of rotatable bonds is 3. The molecule has 0 aliphatic rings. The van der Waals surface area contributed by atoms with Gasteiger partial charge < -0.3 is 5.32 Å². The summed E-state index contributed by atoms with van der Waals surface area (Å²) < 4.78 is 3.17. The highest BCUT2D eigenvalue weighted by Crippen LogP contribution is 2.14. The first-order valence-electron chi connectivity index (χ1n) is 5.38. The van der Waals surface area contributed by atoms with E-state index in [-0.39, 0.29) is 5.28 Å². The van der Waals surface area contributed by atoms with E-state index in [1.54, 1.807) is 35.5 Å². The highest BCUT2D eigenvalue weighted by molar-refractivity contribution is 6.28. The summed E-state index contributed by atoms with van der Waals surface area (Å²) in [4.78, 5) is 12.2. The van der Waals surface area contributed by atoms with Crippen molar-refractivity contribution in [2.24, 2.45) is 7.05 Å². The van der Waals surface area contributed by atoms with Gasteiger partial charge in [-0.3, -0.25) is 4.68 Å². The Morgan fingerprint density at radius 2 is 2.11 bits per heavy atom. The number of hydrogen-bond donors (Lipinski definition) is 1. The van der Waals surface area contributed by atoms with Crippen molar-refractivity contribution in [1.82, 2.24) is 34.5 Å². The molecule has 0 unspecified atom stereocenters. The average Bonchev–Trinajstić information content (AvgIpc) is 3.00. The monoisotopic (exact) mass is 276 g/mol. The summed E-state index contributed by atoms with van der Waals surface area (Å²) in [7, 11) is 1.82. The molecule has 0 aromatic carbocycles. The molecule has 0 amide bonds. The number of halogens is 1. The van der Waals surface area contributed by atoms with Crippen LogP contribution in [-0.4, -0.2) is 34.5 Å². The Balaban J connectivity index is 1.94. The fraction of sp³-hybridized carbons (Fsp3) is 0.100. The molecule has 3 aromatic heterocycles. The Labute approximate surface area is 113 Å². The third-order valence-corrected chi connectivity index (χ3v) is 2.44. The largest absolute Gasteiger partial charge is 0.321 e. The number of nitrogens with zero attached hydrogens (tertiary/aromatic N) is 7. The van der Waals surface area contributed by atoms with Gasteiger partial charge in [0.05, 0.1) is 11.9 Å². The van der Waals surface area contributed by atoms with Gasteiger partial charge in [-0.15, -0.1) is 0 Å². The molecule has 3 heterocycles. The molecule has 0 aliphatic heterocycles. The summed E-state index contributed by atoms with van der Waals surface area (Å²) >= 11 is 5.87. The quantitative estimate of drug-likeness (QED) is 0.773. The smallest absolute Gasteiger partial charge is 0.256 e. The third kappa shape index (κ3) is 2.52. The van der Waals surface area contributed by atoms with E-state index in [1.807, 2.05) is 7.05 Å². The number of hydrogen-bond acceptors (Lipinski definition) is 6. The first-order valence-corrected chi connectivity index (χ1v) is 5.76. The molecule has 0 fully saturated rings. The van der Waals surface area contributed by atoms with Crippen LogP contribution >= 0.6 is 11.6 Å². The van der Waals surface area contributed by atoms with E-state index >= 15 is 0 Å². The van der Waals surface area contributed by atoms with Crippen LogP contribution < -0.4 is 5.32 Å². The molecular formula is C10H9ClN8. The third-order valence-electron chi connectivity index (χ3n) is 2.27. The van der Waals surface area contributed by atoms with Crippen LogP contribution in [-0.2, 0) is 7.05 Å². The first kappa shape index (κ1) is 11.6. The molecule has 3 aromatic rings. The Kier molecular flexibility index (Phi) is 2.84. The van der Waals surface area contributed by atoms with Crippen molar-refractivity contribution in [1.29, 1.82) is 0 Å². The SMILES string of the molecule is Cn1cc(Nc2nc(Cl)nc(-n3cccn3)n2)cn1. The highest BCUT2D eigenvalue weighted by Gasteiger charge is 2.08. The predicted molar refractivity (Wildman–Crippen MR) is 68.4 cm³/mol. The van der Waals surface area contributed by atoms with Crippen LogP contribution in [0.2, 0.25) is 5.28 Å². The maximum Gasteiger partial charge on any atom is 0.256 e. The van der Waals surface area contributed by atoms with Crippen LogP contribution in [0.1, 0.15) is 0 Å². The lowest BCUT2D eigenvalue weighted by atomic mass is 10.6. The normalized spacial score (nSPS) is 10.6. The van der Waals surface area contributed by atoms with Gasteiger partial charge in [0.2, 0.25) is 11.2 Å². The lowest BCUT2D eigenvalue weighted by Crippen LogP contribution is -2.06.